The van der Waals surface area contributed by atoms with Crippen LogP contribution in [0.1, 0.15) is 6.92 Å². The van der Waals surface area contributed by atoms with Crippen LogP contribution < -0.4 is 10.5 Å². The monoisotopic (exact) mass is 328 g/mol. The lowest BCUT2D eigenvalue weighted by Gasteiger charge is -2.20. The van der Waals surface area contributed by atoms with Gasteiger partial charge in [0.1, 0.15) is 6.33 Å². The fourth-order valence-electron chi connectivity index (χ4n) is 2.16. The van der Waals surface area contributed by atoms with E-state index in [1.54, 1.807) is 30.7 Å². The molecule has 2 aromatic heterocycles. The average Bonchev–Trinajstić information content (AvgIpc) is 2.59. The van der Waals surface area contributed by atoms with E-state index in [9.17, 15) is 4.79 Å². The summed E-state index contributed by atoms with van der Waals surface area (Å²) in [5.74, 6) is 0. The van der Waals surface area contributed by atoms with Crippen molar-refractivity contribution in [3.63, 3.8) is 0 Å². The summed E-state index contributed by atoms with van der Waals surface area (Å²) in [7, 11) is 2.01. The molecule has 0 spiro atoms. The van der Waals surface area contributed by atoms with Crippen molar-refractivity contribution < 1.29 is 0 Å². The zero-order chi connectivity index (χ0) is 16.8. The van der Waals surface area contributed by atoms with E-state index in [-0.39, 0.29) is 5.56 Å². The fourth-order valence-corrected chi connectivity index (χ4v) is 2.79. The van der Waals surface area contributed by atoms with Gasteiger partial charge in [0.25, 0.3) is 5.56 Å². The van der Waals surface area contributed by atoms with Crippen molar-refractivity contribution in [3.8, 4) is 11.3 Å². The van der Waals surface area contributed by atoms with E-state index < -0.39 is 0 Å². The van der Waals surface area contributed by atoms with Gasteiger partial charge in [0.15, 0.2) is 0 Å². The number of hydrogen-bond donors (Lipinski definition) is 0. The minimum atomic E-state index is -0.102. The Morgan fingerprint density at radius 2 is 2.26 bits per heavy atom. The van der Waals surface area contributed by atoms with Gasteiger partial charge < -0.3 is 4.90 Å². The Kier molecular flexibility index (Phi) is 5.76. The molecule has 5 nitrogen and oxygen atoms in total. The standard InChI is InChI=1S/C17H20N4OS/c1-5-7-10-21-12-19-15(16(23-4)17(21)22)13-11-18-9-8-14(13)20(3)6-2/h5,7-12H,1,6H2,2-4H3/b10-7+. The van der Waals surface area contributed by atoms with Gasteiger partial charge in [-0.25, -0.2) is 4.98 Å². The Labute approximate surface area is 140 Å². The molecule has 0 unspecified atom stereocenters. The number of rotatable bonds is 6. The summed E-state index contributed by atoms with van der Waals surface area (Å²) in [6.07, 6.45) is 11.9. The molecule has 2 rings (SSSR count). The second-order valence-corrected chi connectivity index (χ2v) is 5.64. The molecule has 0 aliphatic carbocycles. The molecule has 0 N–H and O–H groups in total. The van der Waals surface area contributed by atoms with Crippen LogP contribution >= 0.6 is 11.8 Å². The lowest BCUT2D eigenvalue weighted by Crippen LogP contribution is -2.20. The smallest absolute Gasteiger partial charge is 0.271 e. The third kappa shape index (κ3) is 3.53. The molecule has 2 aromatic rings. The predicted molar refractivity (Wildman–Crippen MR) is 98.0 cm³/mol. The molecule has 0 fully saturated rings. The van der Waals surface area contributed by atoms with Crippen molar-refractivity contribution in [3.05, 3.63) is 53.9 Å². The van der Waals surface area contributed by atoms with Crippen molar-refractivity contribution in [1.29, 1.82) is 0 Å². The molecule has 0 radical (unpaired) electrons. The molecule has 0 bridgehead atoms. The average molecular weight is 328 g/mol. The van der Waals surface area contributed by atoms with Gasteiger partial charge in [-0.05, 0) is 25.3 Å². The molecule has 6 heteroatoms. The number of aromatic nitrogens is 3. The van der Waals surface area contributed by atoms with Crippen LogP contribution in [0.15, 0.2) is 53.2 Å². The highest BCUT2D eigenvalue weighted by Crippen LogP contribution is 2.32. The SMILES string of the molecule is C=C/C=C/n1cnc(-c2cnccc2N(C)CC)c(SC)c1=O. The topological polar surface area (TPSA) is 51.0 Å². The third-order valence-electron chi connectivity index (χ3n) is 3.48. The van der Waals surface area contributed by atoms with Crippen LogP contribution in [0.4, 0.5) is 5.69 Å². The van der Waals surface area contributed by atoms with E-state index >= 15 is 0 Å². The van der Waals surface area contributed by atoms with Crippen LogP contribution in [0, 0.1) is 0 Å². The Hall–Kier alpha value is -2.34. The van der Waals surface area contributed by atoms with Gasteiger partial charge in [0.05, 0.1) is 10.6 Å². The number of nitrogens with zero attached hydrogens (tertiary/aromatic N) is 4. The number of thioether (sulfide) groups is 1. The van der Waals surface area contributed by atoms with Crippen molar-refractivity contribution in [2.24, 2.45) is 0 Å². The lowest BCUT2D eigenvalue weighted by atomic mass is 10.1. The van der Waals surface area contributed by atoms with Crippen LogP contribution in [0.25, 0.3) is 17.5 Å². The maximum atomic E-state index is 12.6. The summed E-state index contributed by atoms with van der Waals surface area (Å²) in [5, 5.41) is 0. The number of pyridine rings is 1. The molecule has 0 saturated heterocycles. The molecule has 0 aliphatic rings. The predicted octanol–water partition coefficient (Wildman–Crippen LogP) is 3.14. The Morgan fingerprint density at radius 3 is 2.91 bits per heavy atom. The lowest BCUT2D eigenvalue weighted by molar-refractivity contribution is 0.932. The van der Waals surface area contributed by atoms with Gasteiger partial charge >= 0.3 is 0 Å². The van der Waals surface area contributed by atoms with E-state index in [4.69, 9.17) is 0 Å². The quantitative estimate of drug-likeness (QED) is 0.602. The summed E-state index contributed by atoms with van der Waals surface area (Å²) >= 11 is 1.39. The highest BCUT2D eigenvalue weighted by molar-refractivity contribution is 7.98. The van der Waals surface area contributed by atoms with Crippen molar-refractivity contribution in [2.75, 3.05) is 24.7 Å². The van der Waals surface area contributed by atoms with E-state index in [0.717, 1.165) is 17.8 Å². The summed E-state index contributed by atoms with van der Waals surface area (Å²) in [6, 6.07) is 1.94. The molecular formula is C17H20N4OS. The molecular weight excluding hydrogens is 308 g/mol. The largest absolute Gasteiger partial charge is 0.374 e. The van der Waals surface area contributed by atoms with Crippen LogP contribution in [0.2, 0.25) is 0 Å². The molecule has 0 amide bonds. The Balaban J connectivity index is 2.66. The van der Waals surface area contributed by atoms with Gasteiger partial charge in [0.2, 0.25) is 0 Å². The van der Waals surface area contributed by atoms with Gasteiger partial charge in [-0.1, -0.05) is 12.7 Å². The highest BCUT2D eigenvalue weighted by Gasteiger charge is 2.16. The molecule has 120 valence electrons. The molecule has 0 aliphatic heterocycles. The number of anilines is 1. The first kappa shape index (κ1) is 17.0. The zero-order valence-corrected chi connectivity index (χ0v) is 14.4. The van der Waals surface area contributed by atoms with Crippen LogP contribution in [0.5, 0.6) is 0 Å². The summed E-state index contributed by atoms with van der Waals surface area (Å²) < 4.78 is 1.45. The fraction of sp³-hybridized carbons (Fsp3) is 0.235. The maximum absolute atomic E-state index is 12.6. The zero-order valence-electron chi connectivity index (χ0n) is 13.6. The van der Waals surface area contributed by atoms with E-state index in [2.05, 4.69) is 28.4 Å². The summed E-state index contributed by atoms with van der Waals surface area (Å²) in [6.45, 7) is 6.54. The van der Waals surface area contributed by atoms with Gasteiger partial charge in [-0.3, -0.25) is 14.3 Å². The third-order valence-corrected chi connectivity index (χ3v) is 4.26. The van der Waals surface area contributed by atoms with Crippen molar-refractivity contribution >= 4 is 23.6 Å². The van der Waals surface area contributed by atoms with Crippen LogP contribution in [-0.2, 0) is 0 Å². The molecule has 0 atom stereocenters. The molecule has 23 heavy (non-hydrogen) atoms. The minimum Gasteiger partial charge on any atom is -0.374 e. The van der Waals surface area contributed by atoms with Crippen molar-refractivity contribution in [2.45, 2.75) is 11.8 Å². The van der Waals surface area contributed by atoms with Crippen molar-refractivity contribution in [1.82, 2.24) is 14.5 Å². The molecule has 2 heterocycles. The normalized spacial score (nSPS) is 10.9. The first-order valence-electron chi connectivity index (χ1n) is 7.23. The summed E-state index contributed by atoms with van der Waals surface area (Å²) in [5.41, 5.74) is 2.42. The maximum Gasteiger partial charge on any atom is 0.271 e. The molecule has 0 saturated carbocycles. The van der Waals surface area contributed by atoms with Gasteiger partial charge in [-0.2, -0.15) is 0 Å². The number of hydrogen-bond acceptors (Lipinski definition) is 5. The Morgan fingerprint density at radius 1 is 1.48 bits per heavy atom. The van der Waals surface area contributed by atoms with E-state index in [0.29, 0.717) is 10.6 Å². The number of allylic oxidation sites excluding steroid dienone is 2. The minimum absolute atomic E-state index is 0.102. The van der Waals surface area contributed by atoms with Crippen LogP contribution in [0.3, 0.4) is 0 Å². The molecule has 0 aromatic carbocycles. The van der Waals surface area contributed by atoms with E-state index in [1.165, 1.54) is 22.7 Å². The summed E-state index contributed by atoms with van der Waals surface area (Å²) in [4.78, 5) is 24.0. The Bertz CT molecular complexity index is 782. The van der Waals surface area contributed by atoms with Gasteiger partial charge in [-0.15, -0.1) is 11.8 Å². The van der Waals surface area contributed by atoms with Crippen LogP contribution in [-0.4, -0.2) is 34.4 Å². The first-order chi connectivity index (χ1) is 11.1. The highest BCUT2D eigenvalue weighted by atomic mass is 32.2. The van der Waals surface area contributed by atoms with E-state index in [1.807, 2.05) is 19.4 Å². The second kappa shape index (κ2) is 7.78. The first-order valence-corrected chi connectivity index (χ1v) is 8.46. The van der Waals surface area contributed by atoms with Gasteiger partial charge in [0, 0.05) is 43.4 Å². The second-order valence-electron chi connectivity index (χ2n) is 4.82.